The van der Waals surface area contributed by atoms with Crippen molar-refractivity contribution in [2.24, 2.45) is 7.05 Å². The fourth-order valence-electron chi connectivity index (χ4n) is 2.43. The van der Waals surface area contributed by atoms with Gasteiger partial charge in [-0.1, -0.05) is 12.1 Å². The van der Waals surface area contributed by atoms with Crippen LogP contribution >= 0.6 is 0 Å². The number of fused-ring (bicyclic) bond motifs is 1. The Kier molecular flexibility index (Phi) is 2.69. The van der Waals surface area contributed by atoms with E-state index in [1.807, 2.05) is 37.6 Å². The predicted molar refractivity (Wildman–Crippen MR) is 82.3 cm³/mol. The average Bonchev–Trinajstić information content (AvgIpc) is 3.14. The van der Waals surface area contributed by atoms with Crippen LogP contribution in [0.1, 0.15) is 0 Å². The molecule has 4 aromatic rings. The molecule has 3 aromatic heterocycles. The van der Waals surface area contributed by atoms with Crippen LogP contribution in [-0.2, 0) is 7.05 Å². The van der Waals surface area contributed by atoms with Crippen molar-refractivity contribution in [1.82, 2.24) is 24.4 Å². The van der Waals surface area contributed by atoms with Gasteiger partial charge in [0.15, 0.2) is 5.65 Å². The average molecular weight is 291 g/mol. The van der Waals surface area contributed by atoms with Crippen LogP contribution in [0.2, 0.25) is 0 Å². The second-order valence-corrected chi connectivity index (χ2v) is 5.09. The molecule has 0 radical (unpaired) electrons. The van der Waals surface area contributed by atoms with Gasteiger partial charge in [-0.05, 0) is 23.8 Å². The third-order valence-electron chi connectivity index (χ3n) is 3.55. The monoisotopic (exact) mass is 291 g/mol. The van der Waals surface area contributed by atoms with Crippen molar-refractivity contribution in [2.75, 3.05) is 0 Å². The molecule has 3 heterocycles. The lowest BCUT2D eigenvalue weighted by Gasteiger charge is -2.02. The molecule has 6 heteroatoms. The van der Waals surface area contributed by atoms with Crippen molar-refractivity contribution in [2.45, 2.75) is 0 Å². The highest BCUT2D eigenvalue weighted by atomic mass is 16.3. The lowest BCUT2D eigenvalue weighted by molar-refractivity contribution is 0.475. The molecule has 108 valence electrons. The summed E-state index contributed by atoms with van der Waals surface area (Å²) in [6.07, 6.45) is 7.38. The topological polar surface area (TPSA) is 68.2 Å². The zero-order chi connectivity index (χ0) is 15.1. The van der Waals surface area contributed by atoms with Gasteiger partial charge in [-0.25, -0.2) is 9.50 Å². The zero-order valence-corrected chi connectivity index (χ0v) is 11.9. The number of rotatable bonds is 2. The minimum atomic E-state index is 0.240. The van der Waals surface area contributed by atoms with Gasteiger partial charge in [-0.3, -0.25) is 4.68 Å². The molecule has 0 aliphatic rings. The molecule has 0 saturated carbocycles. The maximum absolute atomic E-state index is 9.42. The summed E-state index contributed by atoms with van der Waals surface area (Å²) in [5.74, 6) is 0.240. The van der Waals surface area contributed by atoms with Crippen LogP contribution in [0.4, 0.5) is 0 Å². The van der Waals surface area contributed by atoms with Crippen LogP contribution in [0.5, 0.6) is 5.75 Å². The van der Waals surface area contributed by atoms with Gasteiger partial charge in [-0.2, -0.15) is 10.2 Å². The normalized spacial score (nSPS) is 11.1. The van der Waals surface area contributed by atoms with E-state index in [-0.39, 0.29) is 5.75 Å². The Morgan fingerprint density at radius 3 is 2.50 bits per heavy atom. The molecule has 6 nitrogen and oxygen atoms in total. The minimum Gasteiger partial charge on any atom is -0.508 e. The number of phenolic OH excluding ortho intramolecular Hbond substituents is 1. The van der Waals surface area contributed by atoms with E-state index in [1.54, 1.807) is 33.7 Å². The third-order valence-corrected chi connectivity index (χ3v) is 3.55. The molecule has 0 atom stereocenters. The first-order valence-electron chi connectivity index (χ1n) is 6.83. The Bertz CT molecular complexity index is 952. The maximum atomic E-state index is 9.42. The van der Waals surface area contributed by atoms with E-state index in [1.165, 1.54) is 0 Å². The number of hydrogen-bond acceptors (Lipinski definition) is 4. The first-order valence-corrected chi connectivity index (χ1v) is 6.83. The zero-order valence-electron chi connectivity index (χ0n) is 11.9. The van der Waals surface area contributed by atoms with E-state index in [2.05, 4.69) is 10.2 Å². The molecule has 0 spiro atoms. The van der Waals surface area contributed by atoms with E-state index in [0.717, 1.165) is 28.0 Å². The smallest absolute Gasteiger partial charge is 0.163 e. The van der Waals surface area contributed by atoms with Gasteiger partial charge in [0.1, 0.15) is 5.75 Å². The molecule has 1 aromatic carbocycles. The molecule has 1 N–H and O–H groups in total. The SMILES string of the molecule is Cn1cc(-c2ccn3ncc(-c4ccc(O)cc4)c3n2)cn1. The van der Waals surface area contributed by atoms with Crippen LogP contribution < -0.4 is 0 Å². The highest BCUT2D eigenvalue weighted by molar-refractivity contribution is 5.78. The Morgan fingerprint density at radius 1 is 0.955 bits per heavy atom. The van der Waals surface area contributed by atoms with E-state index in [0.29, 0.717) is 0 Å². The van der Waals surface area contributed by atoms with Crippen molar-refractivity contribution in [3.8, 4) is 28.1 Å². The van der Waals surface area contributed by atoms with Gasteiger partial charge in [0.25, 0.3) is 0 Å². The quantitative estimate of drug-likeness (QED) is 0.616. The van der Waals surface area contributed by atoms with Crippen molar-refractivity contribution in [1.29, 1.82) is 0 Å². The predicted octanol–water partition coefficient (Wildman–Crippen LogP) is 2.50. The number of hydrogen-bond donors (Lipinski definition) is 1. The molecule has 0 amide bonds. The summed E-state index contributed by atoms with van der Waals surface area (Å²) in [5, 5.41) is 17.9. The van der Waals surface area contributed by atoms with E-state index in [4.69, 9.17) is 4.98 Å². The molecule has 0 aliphatic heterocycles. The van der Waals surface area contributed by atoms with Crippen LogP contribution in [0.25, 0.3) is 28.0 Å². The molecule has 0 aliphatic carbocycles. The number of nitrogens with zero attached hydrogens (tertiary/aromatic N) is 5. The van der Waals surface area contributed by atoms with E-state index >= 15 is 0 Å². The molecule has 0 fully saturated rings. The Labute approximate surface area is 126 Å². The fourth-order valence-corrected chi connectivity index (χ4v) is 2.43. The number of phenols is 1. The highest BCUT2D eigenvalue weighted by Gasteiger charge is 2.10. The van der Waals surface area contributed by atoms with Crippen LogP contribution in [0.3, 0.4) is 0 Å². The highest BCUT2D eigenvalue weighted by Crippen LogP contribution is 2.26. The van der Waals surface area contributed by atoms with E-state index < -0.39 is 0 Å². The van der Waals surface area contributed by atoms with Crippen LogP contribution in [0, 0.1) is 0 Å². The fraction of sp³-hybridized carbons (Fsp3) is 0.0625. The van der Waals surface area contributed by atoms with Gasteiger partial charge in [0.2, 0.25) is 0 Å². The summed E-state index contributed by atoms with van der Waals surface area (Å²) in [6.45, 7) is 0. The molecule has 0 unspecified atom stereocenters. The number of aryl methyl sites for hydroxylation is 1. The van der Waals surface area contributed by atoms with Gasteiger partial charge in [0.05, 0.1) is 18.1 Å². The minimum absolute atomic E-state index is 0.240. The third kappa shape index (κ3) is 2.01. The molecule has 4 rings (SSSR count). The molecule has 0 saturated heterocycles. The van der Waals surface area contributed by atoms with Crippen molar-refractivity contribution in [3.63, 3.8) is 0 Å². The first kappa shape index (κ1) is 12.6. The molecular weight excluding hydrogens is 278 g/mol. The summed E-state index contributed by atoms with van der Waals surface area (Å²) in [6, 6.07) is 8.93. The number of benzene rings is 1. The van der Waals surface area contributed by atoms with Gasteiger partial charge < -0.3 is 5.11 Å². The summed E-state index contributed by atoms with van der Waals surface area (Å²) in [5.41, 5.74) is 4.46. The Balaban J connectivity index is 1.88. The summed E-state index contributed by atoms with van der Waals surface area (Å²) >= 11 is 0. The van der Waals surface area contributed by atoms with E-state index in [9.17, 15) is 5.11 Å². The van der Waals surface area contributed by atoms with Crippen molar-refractivity contribution >= 4 is 5.65 Å². The Hall–Kier alpha value is -3.15. The second-order valence-electron chi connectivity index (χ2n) is 5.09. The number of aromatic nitrogens is 5. The second kappa shape index (κ2) is 4.70. The maximum Gasteiger partial charge on any atom is 0.163 e. The van der Waals surface area contributed by atoms with Gasteiger partial charge in [-0.15, -0.1) is 0 Å². The number of aromatic hydroxyl groups is 1. The summed E-state index contributed by atoms with van der Waals surface area (Å²) in [7, 11) is 1.88. The lowest BCUT2D eigenvalue weighted by atomic mass is 10.1. The molecule has 22 heavy (non-hydrogen) atoms. The van der Waals surface area contributed by atoms with Crippen molar-refractivity contribution in [3.05, 3.63) is 55.1 Å². The summed E-state index contributed by atoms with van der Waals surface area (Å²) in [4.78, 5) is 4.70. The van der Waals surface area contributed by atoms with Gasteiger partial charge >= 0.3 is 0 Å². The Morgan fingerprint density at radius 2 is 1.77 bits per heavy atom. The van der Waals surface area contributed by atoms with Gasteiger partial charge in [0, 0.05) is 30.6 Å². The summed E-state index contributed by atoms with van der Waals surface area (Å²) < 4.78 is 3.49. The molecular formula is C16H13N5O. The standard InChI is InChI=1S/C16H13N5O/c1-20-10-12(8-17-20)15-6-7-21-16(19-15)14(9-18-21)11-2-4-13(22)5-3-11/h2-10,22H,1H3. The van der Waals surface area contributed by atoms with Crippen LogP contribution in [-0.4, -0.2) is 29.5 Å². The van der Waals surface area contributed by atoms with Crippen LogP contribution in [0.15, 0.2) is 55.1 Å². The molecule has 0 bridgehead atoms. The lowest BCUT2D eigenvalue weighted by Crippen LogP contribution is -1.92. The first-order chi connectivity index (χ1) is 10.7. The van der Waals surface area contributed by atoms with Crippen molar-refractivity contribution < 1.29 is 5.11 Å². The largest absolute Gasteiger partial charge is 0.508 e.